The third-order valence-electron chi connectivity index (χ3n) is 6.21. The molecule has 27 heavy (non-hydrogen) atoms. The first-order valence-corrected chi connectivity index (χ1v) is 9.99. The number of nitrogens with two attached hydrogens (primary N) is 1. The van der Waals surface area contributed by atoms with E-state index in [4.69, 9.17) is 10.3 Å². The van der Waals surface area contributed by atoms with Gasteiger partial charge >= 0.3 is 0 Å². The van der Waals surface area contributed by atoms with Gasteiger partial charge in [-0.15, -0.1) is 0 Å². The van der Waals surface area contributed by atoms with E-state index in [1.807, 2.05) is 0 Å². The fraction of sp³-hybridized carbons (Fsp3) is 0.550. The molecule has 3 aromatic heterocycles. The van der Waals surface area contributed by atoms with Gasteiger partial charge in [-0.05, 0) is 39.5 Å². The lowest BCUT2D eigenvalue weighted by atomic mass is 10.0. The molecule has 2 aliphatic carbocycles. The number of nitrogens with zero attached hydrogens (tertiary/aromatic N) is 5. The highest BCUT2D eigenvalue weighted by Crippen LogP contribution is 2.49. The Hall–Kier alpha value is -2.41. The van der Waals surface area contributed by atoms with Crippen LogP contribution >= 0.6 is 0 Å². The predicted molar refractivity (Wildman–Crippen MR) is 102 cm³/mol. The van der Waals surface area contributed by atoms with Gasteiger partial charge in [0.25, 0.3) is 0 Å². The molecule has 0 radical (unpaired) electrons. The lowest BCUT2D eigenvalue weighted by molar-refractivity contribution is 0.238. The molecular weight excluding hydrogens is 340 g/mol. The Morgan fingerprint density at radius 3 is 2.67 bits per heavy atom. The molecule has 0 amide bonds. The van der Waals surface area contributed by atoms with Crippen molar-refractivity contribution in [1.82, 2.24) is 24.6 Å². The third kappa shape index (κ3) is 2.21. The van der Waals surface area contributed by atoms with Gasteiger partial charge in [0.15, 0.2) is 0 Å². The maximum atomic E-state index is 6.35. The molecular formula is C20H24N6O. The summed E-state index contributed by atoms with van der Waals surface area (Å²) in [4.78, 5) is 11.5. The Morgan fingerprint density at radius 1 is 1.15 bits per heavy atom. The number of fused-ring (bicyclic) bond motifs is 5. The number of aromatic nitrogens is 4. The summed E-state index contributed by atoms with van der Waals surface area (Å²) in [5.74, 6) is 2.15. The highest BCUT2D eigenvalue weighted by molar-refractivity contribution is 6.02. The van der Waals surface area contributed by atoms with Gasteiger partial charge in [0, 0.05) is 47.9 Å². The van der Waals surface area contributed by atoms with Gasteiger partial charge in [0.1, 0.15) is 29.2 Å². The smallest absolute Gasteiger partial charge is 0.146 e. The van der Waals surface area contributed by atoms with E-state index in [0.29, 0.717) is 17.8 Å². The predicted octanol–water partition coefficient (Wildman–Crippen LogP) is 3.60. The van der Waals surface area contributed by atoms with Crippen LogP contribution in [0.2, 0.25) is 0 Å². The van der Waals surface area contributed by atoms with Crippen LogP contribution in [0, 0.1) is 0 Å². The zero-order valence-corrected chi connectivity index (χ0v) is 15.8. The molecule has 0 unspecified atom stereocenters. The van der Waals surface area contributed by atoms with Gasteiger partial charge in [-0.2, -0.15) is 0 Å². The van der Waals surface area contributed by atoms with Crippen LogP contribution in [0.25, 0.3) is 22.3 Å². The first-order valence-electron chi connectivity index (χ1n) is 9.99. The average molecular weight is 364 g/mol. The summed E-state index contributed by atoms with van der Waals surface area (Å²) in [5, 5.41) is 5.50. The van der Waals surface area contributed by atoms with Gasteiger partial charge in [-0.3, -0.25) is 4.90 Å². The Kier molecular flexibility index (Phi) is 3.08. The minimum Gasteiger partial charge on any atom is -0.383 e. The van der Waals surface area contributed by atoms with Crippen LogP contribution in [-0.2, 0) is 13.1 Å². The Balaban J connectivity index is 1.69. The van der Waals surface area contributed by atoms with Crippen molar-refractivity contribution in [3.05, 3.63) is 23.3 Å². The molecule has 140 valence electrons. The molecule has 0 spiro atoms. The van der Waals surface area contributed by atoms with Crippen LogP contribution in [-0.4, -0.2) is 30.6 Å². The molecule has 0 saturated heterocycles. The summed E-state index contributed by atoms with van der Waals surface area (Å²) >= 11 is 0. The normalized spacial score (nSPS) is 20.1. The number of nitrogen functional groups attached to an aromatic ring is 1. The van der Waals surface area contributed by atoms with E-state index in [1.54, 1.807) is 6.33 Å². The molecule has 7 heteroatoms. The summed E-state index contributed by atoms with van der Waals surface area (Å²) < 4.78 is 8.21. The molecule has 0 atom stereocenters. The number of anilines is 1. The molecule has 0 aromatic carbocycles. The van der Waals surface area contributed by atoms with Crippen molar-refractivity contribution in [3.63, 3.8) is 0 Å². The quantitative estimate of drug-likeness (QED) is 0.764. The standard InChI is InChI=1S/C20H24N6O/c1-10(2)26-14-8-25(12-5-6-12)7-13-17(24-27-18(13)11-3-4-11)15(14)16-19(21)22-9-23-20(16)26/h9-12H,3-8H2,1-2H3,(H2,21,22,23). The molecule has 0 bridgehead atoms. The van der Waals surface area contributed by atoms with Gasteiger partial charge in [-0.1, -0.05) is 5.16 Å². The van der Waals surface area contributed by atoms with Crippen molar-refractivity contribution in [2.45, 2.75) is 70.6 Å². The molecule has 2 saturated carbocycles. The van der Waals surface area contributed by atoms with E-state index in [-0.39, 0.29) is 6.04 Å². The van der Waals surface area contributed by atoms with Gasteiger partial charge in [-0.25, -0.2) is 9.97 Å². The molecule has 6 rings (SSSR count). The van der Waals surface area contributed by atoms with Gasteiger partial charge in [0.05, 0.1) is 5.39 Å². The highest BCUT2D eigenvalue weighted by Gasteiger charge is 2.40. The maximum absolute atomic E-state index is 6.35. The third-order valence-corrected chi connectivity index (χ3v) is 6.21. The molecule has 3 aromatic rings. The van der Waals surface area contributed by atoms with E-state index in [1.165, 1.54) is 36.9 Å². The number of hydrogen-bond donors (Lipinski definition) is 1. The van der Waals surface area contributed by atoms with Crippen LogP contribution < -0.4 is 5.73 Å². The van der Waals surface area contributed by atoms with Crippen LogP contribution in [0.15, 0.2) is 10.9 Å². The first kappa shape index (κ1) is 15.6. The van der Waals surface area contributed by atoms with Crippen LogP contribution in [0.1, 0.15) is 68.5 Å². The van der Waals surface area contributed by atoms with Gasteiger partial charge < -0.3 is 14.8 Å². The van der Waals surface area contributed by atoms with Crippen molar-refractivity contribution in [1.29, 1.82) is 0 Å². The van der Waals surface area contributed by atoms with Crippen LogP contribution in [0.3, 0.4) is 0 Å². The zero-order valence-electron chi connectivity index (χ0n) is 15.8. The molecule has 1 aliphatic heterocycles. The summed E-state index contributed by atoms with van der Waals surface area (Å²) in [7, 11) is 0. The summed E-state index contributed by atoms with van der Waals surface area (Å²) in [5.41, 5.74) is 11.8. The first-order chi connectivity index (χ1) is 13.1. The minimum atomic E-state index is 0.281. The molecule has 7 nitrogen and oxygen atoms in total. The zero-order chi connectivity index (χ0) is 18.3. The van der Waals surface area contributed by atoms with Crippen molar-refractivity contribution in [2.24, 2.45) is 0 Å². The number of rotatable bonds is 3. The summed E-state index contributed by atoms with van der Waals surface area (Å²) in [6.07, 6.45) is 6.53. The van der Waals surface area contributed by atoms with Gasteiger partial charge in [0.2, 0.25) is 0 Å². The maximum Gasteiger partial charge on any atom is 0.146 e. The van der Waals surface area contributed by atoms with Crippen molar-refractivity contribution in [2.75, 3.05) is 5.73 Å². The van der Waals surface area contributed by atoms with Crippen molar-refractivity contribution in [3.8, 4) is 11.3 Å². The largest absolute Gasteiger partial charge is 0.383 e. The van der Waals surface area contributed by atoms with E-state index in [0.717, 1.165) is 41.1 Å². The van der Waals surface area contributed by atoms with Crippen molar-refractivity contribution < 1.29 is 4.52 Å². The Labute approximate surface area is 157 Å². The number of hydrogen-bond acceptors (Lipinski definition) is 6. The molecule has 3 aliphatic rings. The fourth-order valence-electron chi connectivity index (χ4n) is 4.66. The van der Waals surface area contributed by atoms with E-state index in [9.17, 15) is 0 Å². The lowest BCUT2D eigenvalue weighted by Gasteiger charge is -2.22. The molecule has 2 N–H and O–H groups in total. The van der Waals surface area contributed by atoms with Crippen molar-refractivity contribution >= 4 is 16.9 Å². The van der Waals surface area contributed by atoms with E-state index >= 15 is 0 Å². The lowest BCUT2D eigenvalue weighted by Crippen LogP contribution is -2.26. The second-order valence-corrected chi connectivity index (χ2v) is 8.53. The monoisotopic (exact) mass is 364 g/mol. The summed E-state index contributed by atoms with van der Waals surface area (Å²) in [6, 6.07) is 0.941. The topological polar surface area (TPSA) is 86.0 Å². The highest BCUT2D eigenvalue weighted by atomic mass is 16.5. The Bertz CT molecular complexity index is 1060. The SMILES string of the molecule is CC(C)n1c2c(c3c(N)ncnc31)-c1noc(C3CC3)c1CN(C1CC1)C2. The van der Waals surface area contributed by atoms with E-state index < -0.39 is 0 Å². The average Bonchev–Trinajstić information content (AvgIpc) is 3.55. The second kappa shape index (κ2) is 5.32. The van der Waals surface area contributed by atoms with Crippen LogP contribution in [0.5, 0.6) is 0 Å². The molecule has 4 heterocycles. The molecule has 2 fully saturated rings. The van der Waals surface area contributed by atoms with E-state index in [2.05, 4.69) is 38.4 Å². The second-order valence-electron chi connectivity index (χ2n) is 8.53. The summed E-state index contributed by atoms with van der Waals surface area (Å²) in [6.45, 7) is 6.21. The fourth-order valence-corrected chi connectivity index (χ4v) is 4.66. The Morgan fingerprint density at radius 2 is 1.96 bits per heavy atom. The minimum absolute atomic E-state index is 0.281. The van der Waals surface area contributed by atoms with Crippen LogP contribution in [0.4, 0.5) is 5.82 Å².